The summed E-state index contributed by atoms with van der Waals surface area (Å²) in [7, 11) is -7.72. The molecule has 0 aromatic heterocycles. The van der Waals surface area contributed by atoms with Gasteiger partial charge in [-0.3, -0.25) is 4.90 Å². The van der Waals surface area contributed by atoms with Crippen molar-refractivity contribution in [1.82, 2.24) is 14.3 Å². The Kier molecular flexibility index (Phi) is 8.16. The Hall–Kier alpha value is -2.30. The van der Waals surface area contributed by atoms with Crippen LogP contribution in [0.1, 0.15) is 38.7 Å². The Morgan fingerprint density at radius 2 is 1.50 bits per heavy atom. The Labute approximate surface area is 215 Å². The standard InChI is InChI=1S/C27H35N3O4S2/c1-20-14-16-25(17-15-20)35(31,32)29-24(19-30-21(2)8-6-9-22(30)3)18-28-36(33,34)27-13-7-11-23-10-4-5-12-26(23)27/h4-5,7,10-17,21-22,24,28-29H,6,8-9,18-19H2,1-3H3/t21-,22+,24-/m0/s1. The lowest BCUT2D eigenvalue weighted by atomic mass is 9.97. The lowest BCUT2D eigenvalue weighted by molar-refractivity contribution is 0.0945. The van der Waals surface area contributed by atoms with E-state index in [2.05, 4.69) is 28.2 Å². The van der Waals surface area contributed by atoms with Gasteiger partial charge in [0.25, 0.3) is 0 Å². The number of hydrogen-bond acceptors (Lipinski definition) is 5. The van der Waals surface area contributed by atoms with Crippen molar-refractivity contribution < 1.29 is 16.8 Å². The Bertz CT molecular complexity index is 1390. The summed E-state index contributed by atoms with van der Waals surface area (Å²) in [5, 5.41) is 1.45. The van der Waals surface area contributed by atoms with Crippen LogP contribution in [-0.4, -0.2) is 53.0 Å². The van der Waals surface area contributed by atoms with Gasteiger partial charge in [0.15, 0.2) is 0 Å². The van der Waals surface area contributed by atoms with Crippen LogP contribution in [0.4, 0.5) is 0 Å². The highest BCUT2D eigenvalue weighted by Crippen LogP contribution is 2.24. The molecule has 7 nitrogen and oxygen atoms in total. The van der Waals surface area contributed by atoms with Crippen molar-refractivity contribution in [3.63, 3.8) is 0 Å². The zero-order valence-corrected chi connectivity index (χ0v) is 22.6. The molecule has 0 unspecified atom stereocenters. The average Bonchev–Trinajstić information content (AvgIpc) is 2.84. The molecule has 4 rings (SSSR count). The average molecular weight is 530 g/mol. The van der Waals surface area contributed by atoms with Crippen LogP contribution in [0.15, 0.2) is 76.5 Å². The van der Waals surface area contributed by atoms with Crippen LogP contribution < -0.4 is 9.44 Å². The van der Waals surface area contributed by atoms with Gasteiger partial charge in [-0.1, -0.05) is 60.5 Å². The number of piperidine rings is 1. The summed E-state index contributed by atoms with van der Waals surface area (Å²) in [5.41, 5.74) is 0.962. The van der Waals surface area contributed by atoms with E-state index in [-0.39, 0.29) is 28.4 Å². The highest BCUT2D eigenvalue weighted by atomic mass is 32.2. The van der Waals surface area contributed by atoms with Crippen molar-refractivity contribution in [2.24, 2.45) is 0 Å². The van der Waals surface area contributed by atoms with Gasteiger partial charge in [-0.15, -0.1) is 0 Å². The molecular weight excluding hydrogens is 494 g/mol. The van der Waals surface area contributed by atoms with Gasteiger partial charge in [0.1, 0.15) is 0 Å². The van der Waals surface area contributed by atoms with E-state index < -0.39 is 26.1 Å². The molecule has 0 radical (unpaired) electrons. The zero-order valence-electron chi connectivity index (χ0n) is 21.0. The minimum absolute atomic E-state index is 0.0629. The van der Waals surface area contributed by atoms with Gasteiger partial charge < -0.3 is 0 Å². The topological polar surface area (TPSA) is 95.6 Å². The summed E-state index contributed by atoms with van der Waals surface area (Å²) in [6.07, 6.45) is 3.19. The van der Waals surface area contributed by atoms with Gasteiger partial charge >= 0.3 is 0 Å². The second-order valence-corrected chi connectivity index (χ2v) is 13.2. The summed E-state index contributed by atoms with van der Waals surface area (Å²) in [4.78, 5) is 2.62. The van der Waals surface area contributed by atoms with Crippen LogP contribution in [0, 0.1) is 6.92 Å². The van der Waals surface area contributed by atoms with Gasteiger partial charge in [0.2, 0.25) is 20.0 Å². The minimum atomic E-state index is -3.88. The van der Waals surface area contributed by atoms with Crippen molar-refractivity contribution in [2.45, 2.75) is 68.0 Å². The number of nitrogens with zero attached hydrogens (tertiary/aromatic N) is 1. The molecule has 1 heterocycles. The second-order valence-electron chi connectivity index (χ2n) is 9.79. The molecule has 9 heteroatoms. The second kappa shape index (κ2) is 11.0. The number of fused-ring (bicyclic) bond motifs is 1. The van der Waals surface area contributed by atoms with Crippen molar-refractivity contribution in [3.05, 3.63) is 72.3 Å². The summed E-state index contributed by atoms with van der Waals surface area (Å²) < 4.78 is 58.6. The SMILES string of the molecule is Cc1ccc(S(=O)(=O)N[C@@H](CNS(=O)(=O)c2cccc3ccccc23)CN2[C@H](C)CCC[C@@H]2C)cc1. The van der Waals surface area contributed by atoms with Crippen LogP contribution in [0.5, 0.6) is 0 Å². The first kappa shape index (κ1) is 26.8. The van der Waals surface area contributed by atoms with E-state index in [1.165, 1.54) is 0 Å². The molecule has 0 amide bonds. The fourth-order valence-electron chi connectivity index (χ4n) is 4.96. The van der Waals surface area contributed by atoms with Crippen molar-refractivity contribution in [1.29, 1.82) is 0 Å². The molecular formula is C27H35N3O4S2. The highest BCUT2D eigenvalue weighted by Gasteiger charge is 2.30. The predicted octanol–water partition coefficient (Wildman–Crippen LogP) is 4.04. The first-order valence-electron chi connectivity index (χ1n) is 12.4. The van der Waals surface area contributed by atoms with E-state index in [1.807, 2.05) is 25.1 Å². The van der Waals surface area contributed by atoms with Crippen LogP contribution in [0.2, 0.25) is 0 Å². The summed E-state index contributed by atoms with van der Waals surface area (Å²) in [6, 6.07) is 19.0. The fourth-order valence-corrected chi connectivity index (χ4v) is 7.49. The first-order chi connectivity index (χ1) is 17.1. The molecule has 1 aliphatic heterocycles. The molecule has 3 aromatic rings. The van der Waals surface area contributed by atoms with E-state index in [4.69, 9.17) is 0 Å². The van der Waals surface area contributed by atoms with Gasteiger partial charge in [0.05, 0.1) is 9.79 Å². The van der Waals surface area contributed by atoms with E-state index in [1.54, 1.807) is 48.5 Å². The maximum absolute atomic E-state index is 13.3. The third kappa shape index (κ3) is 6.15. The third-order valence-electron chi connectivity index (χ3n) is 7.02. The van der Waals surface area contributed by atoms with Crippen LogP contribution in [0.25, 0.3) is 10.8 Å². The number of rotatable bonds is 9. The number of hydrogen-bond donors (Lipinski definition) is 2. The van der Waals surface area contributed by atoms with Crippen LogP contribution >= 0.6 is 0 Å². The van der Waals surface area contributed by atoms with Gasteiger partial charge in [0, 0.05) is 36.6 Å². The normalized spacial score (nSPS) is 20.4. The molecule has 1 saturated heterocycles. The summed E-state index contributed by atoms with van der Waals surface area (Å²) in [6.45, 7) is 6.52. The lowest BCUT2D eigenvalue weighted by Gasteiger charge is -2.41. The smallest absolute Gasteiger partial charge is 0.241 e. The van der Waals surface area contributed by atoms with Gasteiger partial charge in [-0.05, 0) is 57.2 Å². The zero-order chi connectivity index (χ0) is 25.9. The molecule has 36 heavy (non-hydrogen) atoms. The third-order valence-corrected chi connectivity index (χ3v) is 10.0. The molecule has 3 aromatic carbocycles. The highest BCUT2D eigenvalue weighted by molar-refractivity contribution is 7.90. The predicted molar refractivity (Wildman–Crippen MR) is 144 cm³/mol. The monoisotopic (exact) mass is 529 g/mol. The van der Waals surface area contributed by atoms with Crippen LogP contribution in [0.3, 0.4) is 0 Å². The number of likely N-dealkylation sites (tertiary alicyclic amines) is 1. The molecule has 3 atom stereocenters. The Morgan fingerprint density at radius 3 is 2.19 bits per heavy atom. The molecule has 0 bridgehead atoms. The first-order valence-corrected chi connectivity index (χ1v) is 15.4. The molecule has 1 fully saturated rings. The minimum Gasteiger partial charge on any atom is -0.296 e. The van der Waals surface area contributed by atoms with Crippen molar-refractivity contribution in [3.8, 4) is 0 Å². The van der Waals surface area contributed by atoms with E-state index in [0.717, 1.165) is 30.2 Å². The summed E-state index contributed by atoms with van der Waals surface area (Å²) in [5.74, 6) is 0. The van der Waals surface area contributed by atoms with Crippen LogP contribution in [-0.2, 0) is 20.0 Å². The Balaban J connectivity index is 1.59. The molecule has 194 valence electrons. The number of aryl methyl sites for hydroxylation is 1. The largest absolute Gasteiger partial charge is 0.296 e. The van der Waals surface area contributed by atoms with Crippen molar-refractivity contribution >= 4 is 30.8 Å². The maximum Gasteiger partial charge on any atom is 0.241 e. The Morgan fingerprint density at radius 1 is 0.861 bits per heavy atom. The molecule has 1 aliphatic rings. The maximum atomic E-state index is 13.3. The quantitative estimate of drug-likeness (QED) is 0.436. The molecule has 0 saturated carbocycles. The molecule has 0 aliphatic carbocycles. The van der Waals surface area contributed by atoms with E-state index in [0.29, 0.717) is 11.9 Å². The van der Waals surface area contributed by atoms with Gasteiger partial charge in [-0.2, -0.15) is 0 Å². The summed E-state index contributed by atoms with van der Waals surface area (Å²) >= 11 is 0. The van der Waals surface area contributed by atoms with Crippen molar-refractivity contribution in [2.75, 3.05) is 13.1 Å². The lowest BCUT2D eigenvalue weighted by Crippen LogP contribution is -2.54. The van der Waals surface area contributed by atoms with Gasteiger partial charge in [-0.25, -0.2) is 26.3 Å². The van der Waals surface area contributed by atoms with E-state index >= 15 is 0 Å². The molecule has 0 spiro atoms. The fraction of sp³-hybridized carbons (Fsp3) is 0.407. The number of sulfonamides is 2. The molecule has 2 N–H and O–H groups in total. The number of benzene rings is 3. The van der Waals surface area contributed by atoms with E-state index in [9.17, 15) is 16.8 Å². The number of nitrogens with one attached hydrogen (secondary N) is 2.